The number of nitrogens with one attached hydrogen (secondary N) is 1. The number of unbranched alkanes of at least 4 members (excludes halogenated alkanes) is 1. The summed E-state index contributed by atoms with van der Waals surface area (Å²) in [6, 6.07) is 20.8. The highest BCUT2D eigenvalue weighted by Gasteiger charge is 2.07. The molecule has 1 aromatic heterocycles. The van der Waals surface area contributed by atoms with Crippen LogP contribution in [-0.4, -0.2) is 18.3 Å². The maximum atomic E-state index is 5.49. The molecule has 3 aromatic carbocycles. The minimum absolute atomic E-state index is 0.867. The number of anilines is 1. The minimum Gasteiger partial charge on any atom is -0.496 e. The lowest BCUT2D eigenvalue weighted by atomic mass is 10.0. The van der Waals surface area contributed by atoms with Crippen molar-refractivity contribution in [1.82, 2.24) is 4.98 Å². The molecule has 4 rings (SSSR count). The summed E-state index contributed by atoms with van der Waals surface area (Å²) in [5.41, 5.74) is 8.56. The van der Waals surface area contributed by atoms with E-state index in [-0.39, 0.29) is 0 Å². The van der Waals surface area contributed by atoms with Crippen LogP contribution < -0.4 is 10.2 Å². The van der Waals surface area contributed by atoms with Crippen LogP contribution in [0.25, 0.3) is 21.7 Å². The highest BCUT2D eigenvalue weighted by Crippen LogP contribution is 2.28. The molecular formula is C26H27N3O. The summed E-state index contributed by atoms with van der Waals surface area (Å²) in [6.07, 6.45) is 5.33. The quantitative estimate of drug-likeness (QED) is 0.286. The number of rotatable bonds is 7. The lowest BCUT2D eigenvalue weighted by Gasteiger charge is -2.10. The van der Waals surface area contributed by atoms with Gasteiger partial charge >= 0.3 is 0 Å². The largest absolute Gasteiger partial charge is 0.496 e. The first-order valence-corrected chi connectivity index (χ1v) is 10.4. The van der Waals surface area contributed by atoms with Crippen LogP contribution >= 0.6 is 0 Å². The second-order valence-electron chi connectivity index (χ2n) is 7.54. The predicted octanol–water partition coefficient (Wildman–Crippen LogP) is 6.49. The number of benzene rings is 3. The van der Waals surface area contributed by atoms with E-state index in [1.807, 2.05) is 37.4 Å². The molecular weight excluding hydrogens is 370 g/mol. The van der Waals surface area contributed by atoms with Crippen molar-refractivity contribution in [2.45, 2.75) is 33.1 Å². The van der Waals surface area contributed by atoms with Crippen LogP contribution in [0.5, 0.6) is 5.75 Å². The standard InChI is InChI=1S/C26H27N3O/c1-4-5-8-19-11-13-24-23(16-19)25(15-18(2)28-24)29-27-17-20-12-14-26(30-3)22-10-7-6-9-21(20)22/h6-7,9-17H,4-5,8H2,1-3H3,(H,28,29)/b27-17+. The molecule has 0 aliphatic rings. The van der Waals surface area contributed by atoms with Crippen LogP contribution in [0.1, 0.15) is 36.6 Å². The number of fused-ring (bicyclic) bond motifs is 2. The summed E-state index contributed by atoms with van der Waals surface area (Å²) in [5.74, 6) is 0.867. The Morgan fingerprint density at radius 3 is 2.63 bits per heavy atom. The van der Waals surface area contributed by atoms with E-state index in [4.69, 9.17) is 4.74 Å². The Bertz CT molecular complexity index is 1210. The van der Waals surface area contributed by atoms with Crippen LogP contribution in [0.4, 0.5) is 5.69 Å². The zero-order chi connectivity index (χ0) is 20.9. The van der Waals surface area contributed by atoms with Crippen LogP contribution in [0.3, 0.4) is 0 Å². The first-order valence-electron chi connectivity index (χ1n) is 10.4. The molecule has 0 bridgehead atoms. The van der Waals surface area contributed by atoms with Crippen LogP contribution in [0.2, 0.25) is 0 Å². The third-order valence-corrected chi connectivity index (χ3v) is 5.35. The number of hydrazone groups is 1. The van der Waals surface area contributed by atoms with E-state index in [2.05, 4.69) is 58.8 Å². The van der Waals surface area contributed by atoms with Crippen molar-refractivity contribution < 1.29 is 4.74 Å². The Labute approximate surface area is 177 Å². The Morgan fingerprint density at radius 1 is 1.00 bits per heavy atom. The normalized spacial score (nSPS) is 11.4. The fourth-order valence-electron chi connectivity index (χ4n) is 3.79. The van der Waals surface area contributed by atoms with Gasteiger partial charge in [0.2, 0.25) is 0 Å². The van der Waals surface area contributed by atoms with Crippen LogP contribution in [0.15, 0.2) is 65.8 Å². The van der Waals surface area contributed by atoms with Gasteiger partial charge in [0.1, 0.15) is 5.75 Å². The molecule has 0 aliphatic heterocycles. The van der Waals surface area contributed by atoms with Crippen molar-refractivity contribution in [2.75, 3.05) is 12.5 Å². The summed E-state index contributed by atoms with van der Waals surface area (Å²) in [6.45, 7) is 4.23. The number of ether oxygens (including phenoxy) is 1. The molecule has 0 unspecified atom stereocenters. The summed E-state index contributed by atoms with van der Waals surface area (Å²) >= 11 is 0. The summed E-state index contributed by atoms with van der Waals surface area (Å²) in [5, 5.41) is 7.85. The molecule has 4 aromatic rings. The average Bonchev–Trinajstić information content (AvgIpc) is 2.77. The number of pyridine rings is 1. The summed E-state index contributed by atoms with van der Waals surface area (Å²) in [4.78, 5) is 4.68. The molecule has 0 radical (unpaired) electrons. The van der Waals surface area contributed by atoms with E-state index in [1.165, 1.54) is 18.4 Å². The van der Waals surface area contributed by atoms with Gasteiger partial charge < -0.3 is 4.74 Å². The van der Waals surface area contributed by atoms with Gasteiger partial charge in [0.15, 0.2) is 0 Å². The maximum Gasteiger partial charge on any atom is 0.126 e. The molecule has 1 N–H and O–H groups in total. The second-order valence-corrected chi connectivity index (χ2v) is 7.54. The van der Waals surface area contributed by atoms with Crippen molar-refractivity contribution in [3.63, 3.8) is 0 Å². The van der Waals surface area contributed by atoms with Gasteiger partial charge in [0.05, 0.1) is 24.5 Å². The molecule has 4 nitrogen and oxygen atoms in total. The van der Waals surface area contributed by atoms with Gasteiger partial charge in [0.25, 0.3) is 0 Å². The highest BCUT2D eigenvalue weighted by atomic mass is 16.5. The first kappa shape index (κ1) is 19.9. The highest BCUT2D eigenvalue weighted by molar-refractivity contribution is 6.02. The number of nitrogens with zero attached hydrogens (tertiary/aromatic N) is 2. The Balaban J connectivity index is 1.66. The number of aromatic nitrogens is 1. The molecule has 0 aliphatic carbocycles. The molecule has 0 fully saturated rings. The van der Waals surface area contributed by atoms with Gasteiger partial charge in [-0.25, -0.2) is 0 Å². The third-order valence-electron chi connectivity index (χ3n) is 5.35. The second kappa shape index (κ2) is 8.95. The lowest BCUT2D eigenvalue weighted by Crippen LogP contribution is -1.96. The predicted molar refractivity (Wildman–Crippen MR) is 127 cm³/mol. The molecule has 0 atom stereocenters. The molecule has 1 heterocycles. The zero-order valence-electron chi connectivity index (χ0n) is 17.8. The Kier molecular flexibility index (Phi) is 5.94. The van der Waals surface area contributed by atoms with E-state index in [9.17, 15) is 0 Å². The smallest absolute Gasteiger partial charge is 0.126 e. The SMILES string of the molecule is CCCCc1ccc2nc(C)cc(N/N=C/c3ccc(OC)c4ccccc34)c2c1. The molecule has 30 heavy (non-hydrogen) atoms. The average molecular weight is 398 g/mol. The van der Waals surface area contributed by atoms with Gasteiger partial charge in [-0.05, 0) is 61.0 Å². The molecule has 0 spiro atoms. The summed E-state index contributed by atoms with van der Waals surface area (Å²) < 4.78 is 5.49. The molecule has 152 valence electrons. The third kappa shape index (κ3) is 4.13. The number of aryl methyl sites for hydroxylation is 2. The van der Waals surface area contributed by atoms with Crippen molar-refractivity contribution in [3.8, 4) is 5.75 Å². The van der Waals surface area contributed by atoms with E-state index in [0.717, 1.165) is 50.8 Å². The monoisotopic (exact) mass is 397 g/mol. The maximum absolute atomic E-state index is 5.49. The van der Waals surface area contributed by atoms with Crippen molar-refractivity contribution in [1.29, 1.82) is 0 Å². The van der Waals surface area contributed by atoms with E-state index < -0.39 is 0 Å². The van der Waals surface area contributed by atoms with Gasteiger partial charge in [-0.2, -0.15) is 5.10 Å². The Morgan fingerprint density at radius 2 is 1.83 bits per heavy atom. The van der Waals surface area contributed by atoms with Crippen molar-refractivity contribution in [2.24, 2.45) is 5.10 Å². The molecule has 4 heteroatoms. The lowest BCUT2D eigenvalue weighted by molar-refractivity contribution is 0.420. The number of hydrogen-bond acceptors (Lipinski definition) is 4. The first-order chi connectivity index (χ1) is 14.7. The van der Waals surface area contributed by atoms with Gasteiger partial charge in [-0.1, -0.05) is 43.7 Å². The number of hydrogen-bond donors (Lipinski definition) is 1. The molecule has 0 saturated carbocycles. The Hall–Kier alpha value is -3.40. The molecule has 0 amide bonds. The van der Waals surface area contributed by atoms with E-state index >= 15 is 0 Å². The van der Waals surface area contributed by atoms with E-state index in [1.54, 1.807) is 7.11 Å². The number of methoxy groups -OCH3 is 1. The van der Waals surface area contributed by atoms with E-state index in [0.29, 0.717) is 0 Å². The zero-order valence-corrected chi connectivity index (χ0v) is 17.8. The summed E-state index contributed by atoms with van der Waals surface area (Å²) in [7, 11) is 1.70. The fraction of sp³-hybridized carbons (Fsp3) is 0.231. The van der Waals surface area contributed by atoms with Crippen molar-refractivity contribution in [3.05, 3.63) is 77.5 Å². The van der Waals surface area contributed by atoms with Crippen molar-refractivity contribution >= 4 is 33.6 Å². The van der Waals surface area contributed by atoms with Gasteiger partial charge in [0, 0.05) is 22.0 Å². The fourth-order valence-corrected chi connectivity index (χ4v) is 3.79. The molecule has 0 saturated heterocycles. The van der Waals surface area contributed by atoms with Crippen LogP contribution in [0, 0.1) is 6.92 Å². The topological polar surface area (TPSA) is 46.5 Å². The minimum atomic E-state index is 0.867. The van der Waals surface area contributed by atoms with Crippen LogP contribution in [-0.2, 0) is 6.42 Å². The van der Waals surface area contributed by atoms with Gasteiger partial charge in [-0.15, -0.1) is 0 Å². The van der Waals surface area contributed by atoms with Gasteiger partial charge in [-0.3, -0.25) is 10.4 Å².